The van der Waals surface area contributed by atoms with E-state index in [1.165, 1.54) is 18.2 Å². The van der Waals surface area contributed by atoms with E-state index in [9.17, 15) is 14.3 Å². The molecule has 4 aromatic rings. The van der Waals surface area contributed by atoms with E-state index in [1.807, 2.05) is 18.2 Å². The average Bonchev–Trinajstić information content (AvgIpc) is 3.12. The molecule has 2 aromatic carbocycles. The Bertz CT molecular complexity index is 1140. The molecule has 140 valence electrons. The van der Waals surface area contributed by atoms with Crippen LogP contribution in [-0.4, -0.2) is 26.3 Å². The molecule has 0 atom stereocenters. The number of halogens is 1. The van der Waals surface area contributed by atoms with Crippen LogP contribution in [0.3, 0.4) is 0 Å². The van der Waals surface area contributed by atoms with E-state index < -0.39 is 11.8 Å². The number of nitrogens with zero attached hydrogens (tertiary/aromatic N) is 2. The van der Waals surface area contributed by atoms with Gasteiger partial charge in [-0.25, -0.2) is 14.2 Å². The summed E-state index contributed by atoms with van der Waals surface area (Å²) in [5.41, 5.74) is 3.83. The van der Waals surface area contributed by atoms with Gasteiger partial charge in [0, 0.05) is 17.6 Å². The Labute approximate surface area is 159 Å². The highest BCUT2D eigenvalue weighted by Gasteiger charge is 2.12. The van der Waals surface area contributed by atoms with Gasteiger partial charge in [0.2, 0.25) is 0 Å². The highest BCUT2D eigenvalue weighted by molar-refractivity contribution is 6.00. The molecule has 7 nitrogen and oxygen atoms in total. The number of anilines is 2. The Morgan fingerprint density at radius 3 is 2.61 bits per heavy atom. The lowest BCUT2D eigenvalue weighted by Gasteiger charge is -2.09. The number of amides is 2. The topological polar surface area (TPSA) is 103 Å². The van der Waals surface area contributed by atoms with Gasteiger partial charge in [0.25, 0.3) is 0 Å². The van der Waals surface area contributed by atoms with Gasteiger partial charge >= 0.3 is 6.03 Å². The van der Waals surface area contributed by atoms with Crippen molar-refractivity contribution in [2.45, 2.75) is 6.61 Å². The van der Waals surface area contributed by atoms with Crippen LogP contribution in [-0.2, 0) is 6.61 Å². The van der Waals surface area contributed by atoms with Crippen molar-refractivity contribution in [3.63, 3.8) is 0 Å². The van der Waals surface area contributed by atoms with Crippen molar-refractivity contribution in [3.05, 3.63) is 72.3 Å². The molecule has 4 N–H and O–H groups in total. The van der Waals surface area contributed by atoms with Crippen molar-refractivity contribution in [3.8, 4) is 11.1 Å². The SMILES string of the molecule is O=C(Nc1ccc(-c2ccnc3n[nH]c(CO)c23)cc1)Nc1cccc(F)c1. The molecule has 0 saturated carbocycles. The van der Waals surface area contributed by atoms with E-state index in [-0.39, 0.29) is 6.61 Å². The molecular formula is C20H16FN5O2. The number of aromatic nitrogens is 3. The molecule has 0 fully saturated rings. The predicted octanol–water partition coefficient (Wildman–Crippen LogP) is 3.90. The molecule has 0 aliphatic heterocycles. The van der Waals surface area contributed by atoms with Gasteiger partial charge < -0.3 is 15.7 Å². The third-order valence-corrected chi connectivity index (χ3v) is 4.22. The van der Waals surface area contributed by atoms with Gasteiger partial charge in [-0.05, 0) is 47.5 Å². The number of urea groups is 1. The quantitative estimate of drug-likeness (QED) is 0.433. The molecule has 0 spiro atoms. The number of nitrogens with one attached hydrogen (secondary N) is 3. The lowest BCUT2D eigenvalue weighted by molar-refractivity contribution is 0.262. The average molecular weight is 377 g/mol. The summed E-state index contributed by atoms with van der Waals surface area (Å²) in [6.07, 6.45) is 1.65. The van der Waals surface area contributed by atoms with Crippen LogP contribution < -0.4 is 10.6 Å². The molecule has 2 amide bonds. The molecule has 2 heterocycles. The number of hydrogen-bond acceptors (Lipinski definition) is 4. The van der Waals surface area contributed by atoms with Crippen molar-refractivity contribution < 1.29 is 14.3 Å². The van der Waals surface area contributed by atoms with Crippen LogP contribution in [0.2, 0.25) is 0 Å². The lowest BCUT2D eigenvalue weighted by atomic mass is 10.0. The van der Waals surface area contributed by atoms with E-state index in [0.717, 1.165) is 16.5 Å². The van der Waals surface area contributed by atoms with Gasteiger partial charge in [0.05, 0.1) is 17.7 Å². The predicted molar refractivity (Wildman–Crippen MR) is 104 cm³/mol. The standard InChI is InChI=1S/C20H16FN5O2/c21-13-2-1-3-15(10-13)24-20(28)23-14-6-4-12(5-7-14)16-8-9-22-19-18(16)17(11-27)25-26-19/h1-10,27H,11H2,(H,22,25,26)(H2,23,24,28). The van der Waals surface area contributed by atoms with Gasteiger partial charge in [-0.2, -0.15) is 5.10 Å². The zero-order valence-corrected chi connectivity index (χ0v) is 14.6. The van der Waals surface area contributed by atoms with Crippen LogP contribution in [0.1, 0.15) is 5.69 Å². The van der Waals surface area contributed by atoms with Crippen molar-refractivity contribution in [1.82, 2.24) is 15.2 Å². The minimum Gasteiger partial charge on any atom is -0.390 e. The monoisotopic (exact) mass is 377 g/mol. The Kier molecular flexibility index (Phi) is 4.69. The third-order valence-electron chi connectivity index (χ3n) is 4.22. The number of rotatable bonds is 4. The lowest BCUT2D eigenvalue weighted by Crippen LogP contribution is -2.19. The number of aliphatic hydroxyl groups is 1. The number of aromatic amines is 1. The minimum atomic E-state index is -0.470. The van der Waals surface area contributed by atoms with Gasteiger partial charge in [0.1, 0.15) is 5.82 Å². The fourth-order valence-electron chi connectivity index (χ4n) is 2.96. The zero-order chi connectivity index (χ0) is 19.5. The van der Waals surface area contributed by atoms with Gasteiger partial charge in [-0.15, -0.1) is 0 Å². The smallest absolute Gasteiger partial charge is 0.323 e. The van der Waals surface area contributed by atoms with Crippen molar-refractivity contribution in [1.29, 1.82) is 0 Å². The number of pyridine rings is 1. The van der Waals surface area contributed by atoms with E-state index in [0.29, 0.717) is 22.7 Å². The Hall–Kier alpha value is -3.78. The van der Waals surface area contributed by atoms with Crippen molar-refractivity contribution in [2.75, 3.05) is 10.6 Å². The summed E-state index contributed by atoms with van der Waals surface area (Å²) in [7, 11) is 0. The summed E-state index contributed by atoms with van der Waals surface area (Å²) in [6.45, 7) is -0.172. The van der Waals surface area contributed by atoms with Crippen LogP contribution >= 0.6 is 0 Å². The molecule has 8 heteroatoms. The number of fused-ring (bicyclic) bond motifs is 1. The molecule has 4 rings (SSSR count). The number of aliphatic hydroxyl groups excluding tert-OH is 1. The number of benzene rings is 2. The van der Waals surface area contributed by atoms with Crippen molar-refractivity contribution >= 4 is 28.4 Å². The summed E-state index contributed by atoms with van der Waals surface area (Å²) < 4.78 is 13.2. The zero-order valence-electron chi connectivity index (χ0n) is 14.6. The first-order valence-electron chi connectivity index (χ1n) is 8.51. The molecule has 28 heavy (non-hydrogen) atoms. The number of carbonyl (C=O) groups excluding carboxylic acids is 1. The van der Waals surface area contributed by atoms with Crippen molar-refractivity contribution in [2.24, 2.45) is 0 Å². The van der Waals surface area contributed by atoms with Gasteiger partial charge in [-0.3, -0.25) is 5.10 Å². The maximum absolute atomic E-state index is 13.2. The van der Waals surface area contributed by atoms with E-state index in [4.69, 9.17) is 0 Å². The molecule has 0 unspecified atom stereocenters. The van der Waals surface area contributed by atoms with E-state index in [1.54, 1.807) is 24.4 Å². The molecule has 0 aliphatic carbocycles. The first-order valence-corrected chi connectivity index (χ1v) is 8.51. The number of carbonyl (C=O) groups is 1. The first kappa shape index (κ1) is 17.6. The van der Waals surface area contributed by atoms with Crippen LogP contribution in [0, 0.1) is 5.82 Å². The fourth-order valence-corrected chi connectivity index (χ4v) is 2.96. The summed E-state index contributed by atoms with van der Waals surface area (Å²) in [4.78, 5) is 16.3. The van der Waals surface area contributed by atoms with Crippen LogP contribution in [0.15, 0.2) is 60.8 Å². The Morgan fingerprint density at radius 1 is 1.07 bits per heavy atom. The molecule has 0 saturated heterocycles. The summed E-state index contributed by atoms with van der Waals surface area (Å²) in [5.74, 6) is -0.424. The van der Waals surface area contributed by atoms with Crippen LogP contribution in [0.5, 0.6) is 0 Å². The normalized spacial score (nSPS) is 10.8. The second-order valence-electron chi connectivity index (χ2n) is 6.08. The van der Waals surface area contributed by atoms with E-state index in [2.05, 4.69) is 25.8 Å². The first-order chi connectivity index (χ1) is 13.6. The van der Waals surface area contributed by atoms with Crippen LogP contribution in [0.25, 0.3) is 22.2 Å². The molecule has 0 radical (unpaired) electrons. The second kappa shape index (κ2) is 7.45. The summed E-state index contributed by atoms with van der Waals surface area (Å²) in [6, 6.07) is 14.2. The molecular weight excluding hydrogens is 361 g/mol. The summed E-state index contributed by atoms with van der Waals surface area (Å²) >= 11 is 0. The minimum absolute atomic E-state index is 0.172. The number of hydrogen-bond donors (Lipinski definition) is 4. The second-order valence-corrected chi connectivity index (χ2v) is 6.08. The largest absolute Gasteiger partial charge is 0.390 e. The maximum Gasteiger partial charge on any atom is 0.323 e. The van der Waals surface area contributed by atoms with E-state index >= 15 is 0 Å². The fraction of sp³-hybridized carbons (Fsp3) is 0.0500. The van der Waals surface area contributed by atoms with Gasteiger partial charge in [0.15, 0.2) is 5.65 Å². The third kappa shape index (κ3) is 3.53. The molecule has 0 bridgehead atoms. The Morgan fingerprint density at radius 2 is 1.86 bits per heavy atom. The highest BCUT2D eigenvalue weighted by atomic mass is 19.1. The molecule has 0 aliphatic rings. The maximum atomic E-state index is 13.2. The van der Waals surface area contributed by atoms with Gasteiger partial charge in [-0.1, -0.05) is 18.2 Å². The highest BCUT2D eigenvalue weighted by Crippen LogP contribution is 2.29. The van der Waals surface area contributed by atoms with Crippen LogP contribution in [0.4, 0.5) is 20.6 Å². The molecule has 2 aromatic heterocycles. The number of H-pyrrole nitrogens is 1. The Balaban J connectivity index is 1.53. The summed E-state index contributed by atoms with van der Waals surface area (Å²) in [5, 5.41) is 22.4.